The van der Waals surface area contributed by atoms with Gasteiger partial charge in [0, 0.05) is 12.1 Å². The normalized spacial score (nSPS) is 22.0. The highest BCUT2D eigenvalue weighted by molar-refractivity contribution is 4.83. The molecule has 0 aromatic carbocycles. The lowest BCUT2D eigenvalue weighted by atomic mass is 10.0. The first-order valence-corrected chi connectivity index (χ1v) is 8.84. The van der Waals surface area contributed by atoms with Crippen LogP contribution in [-0.2, 0) is 0 Å². The van der Waals surface area contributed by atoms with Crippen LogP contribution in [0.3, 0.4) is 0 Å². The molecule has 116 valence electrons. The van der Waals surface area contributed by atoms with E-state index in [4.69, 9.17) is 0 Å². The van der Waals surface area contributed by atoms with Crippen molar-refractivity contribution in [1.29, 1.82) is 0 Å². The lowest BCUT2D eigenvalue weighted by Crippen LogP contribution is -2.29. The maximum absolute atomic E-state index is 3.84. The molecule has 1 nitrogen and oxygen atoms in total. The molecular weight excluding hydrogens is 242 g/mol. The van der Waals surface area contributed by atoms with E-state index in [2.05, 4.69) is 18.5 Å². The van der Waals surface area contributed by atoms with Crippen molar-refractivity contribution in [2.24, 2.45) is 0 Å². The lowest BCUT2D eigenvalue weighted by molar-refractivity contribution is 0.458. The number of hydrogen-bond acceptors (Lipinski definition) is 1. The van der Waals surface area contributed by atoms with Crippen molar-refractivity contribution in [1.82, 2.24) is 5.32 Å². The summed E-state index contributed by atoms with van der Waals surface area (Å²) in [6, 6.07) is 1.62. The smallest absolute Gasteiger partial charge is 0.00702 e. The van der Waals surface area contributed by atoms with Gasteiger partial charge in [0.1, 0.15) is 0 Å². The summed E-state index contributed by atoms with van der Waals surface area (Å²) >= 11 is 0. The summed E-state index contributed by atoms with van der Waals surface area (Å²) in [7, 11) is 0. The molecule has 0 bridgehead atoms. The predicted octanol–water partition coefficient (Wildman–Crippen LogP) is 5.77. The molecule has 0 radical (unpaired) electrons. The average Bonchev–Trinajstić information content (AvgIpc) is 2.90. The van der Waals surface area contributed by atoms with Crippen molar-refractivity contribution >= 4 is 0 Å². The molecular formula is C19H35N. The van der Waals surface area contributed by atoms with E-state index in [9.17, 15) is 0 Å². The third-order valence-electron chi connectivity index (χ3n) is 4.51. The topological polar surface area (TPSA) is 12.0 Å². The van der Waals surface area contributed by atoms with Gasteiger partial charge in [-0.2, -0.15) is 0 Å². The summed E-state index contributed by atoms with van der Waals surface area (Å²) in [5, 5.41) is 3.84. The van der Waals surface area contributed by atoms with Gasteiger partial charge in [-0.1, -0.05) is 44.3 Å². The van der Waals surface area contributed by atoms with E-state index < -0.39 is 0 Å². The summed E-state index contributed by atoms with van der Waals surface area (Å²) in [6.45, 7) is 7.56. The molecule has 0 aliphatic carbocycles. The first-order valence-electron chi connectivity index (χ1n) is 8.84. The Labute approximate surface area is 126 Å². The van der Waals surface area contributed by atoms with Gasteiger partial charge in [-0.05, 0) is 51.4 Å². The van der Waals surface area contributed by atoms with E-state index in [1.54, 1.807) is 0 Å². The second-order valence-corrected chi connectivity index (χ2v) is 6.34. The molecule has 1 aliphatic heterocycles. The molecule has 1 fully saturated rings. The summed E-state index contributed by atoms with van der Waals surface area (Å²) in [5.74, 6) is 0. The molecule has 1 N–H and O–H groups in total. The molecule has 0 saturated carbocycles. The van der Waals surface area contributed by atoms with Crippen LogP contribution >= 0.6 is 0 Å². The number of rotatable bonds is 13. The van der Waals surface area contributed by atoms with E-state index in [0.717, 1.165) is 12.1 Å². The molecule has 0 amide bonds. The van der Waals surface area contributed by atoms with Crippen molar-refractivity contribution in [2.75, 3.05) is 0 Å². The Morgan fingerprint density at radius 1 is 0.700 bits per heavy atom. The molecule has 0 spiro atoms. The zero-order chi connectivity index (χ0) is 14.5. The van der Waals surface area contributed by atoms with Gasteiger partial charge in [-0.15, -0.1) is 13.2 Å². The summed E-state index contributed by atoms with van der Waals surface area (Å²) in [4.78, 5) is 0. The third kappa shape index (κ3) is 8.58. The SMILES string of the molecule is C=CCCCCCCC[C@H]1CC[C@H](CCCCC=C)N1. The molecule has 2 atom stereocenters. The fourth-order valence-electron chi connectivity index (χ4n) is 3.25. The van der Waals surface area contributed by atoms with Crippen molar-refractivity contribution < 1.29 is 0 Å². The van der Waals surface area contributed by atoms with E-state index in [-0.39, 0.29) is 0 Å². The molecule has 1 heterocycles. The van der Waals surface area contributed by atoms with Gasteiger partial charge in [0.05, 0.1) is 0 Å². The minimum atomic E-state index is 0.803. The maximum atomic E-state index is 3.84. The maximum Gasteiger partial charge on any atom is 0.00702 e. The largest absolute Gasteiger partial charge is 0.311 e. The Balaban J connectivity index is 1.90. The van der Waals surface area contributed by atoms with Crippen LogP contribution in [0.4, 0.5) is 0 Å². The van der Waals surface area contributed by atoms with Crippen LogP contribution in [0.15, 0.2) is 25.3 Å². The fourth-order valence-corrected chi connectivity index (χ4v) is 3.25. The molecule has 1 rings (SSSR count). The minimum Gasteiger partial charge on any atom is -0.311 e. The fraction of sp³-hybridized carbons (Fsp3) is 0.789. The number of nitrogens with one attached hydrogen (secondary N) is 1. The first-order chi connectivity index (χ1) is 9.86. The number of unbranched alkanes of at least 4 members (excludes halogenated alkanes) is 7. The predicted molar refractivity (Wildman–Crippen MR) is 91.1 cm³/mol. The Bertz CT molecular complexity index is 246. The Hall–Kier alpha value is -0.560. The van der Waals surface area contributed by atoms with Gasteiger partial charge in [-0.25, -0.2) is 0 Å². The van der Waals surface area contributed by atoms with Gasteiger partial charge in [0.25, 0.3) is 0 Å². The zero-order valence-electron chi connectivity index (χ0n) is 13.4. The van der Waals surface area contributed by atoms with Gasteiger partial charge < -0.3 is 5.32 Å². The van der Waals surface area contributed by atoms with E-state index in [1.165, 1.54) is 83.5 Å². The van der Waals surface area contributed by atoms with Crippen LogP contribution in [-0.4, -0.2) is 12.1 Å². The van der Waals surface area contributed by atoms with Crippen LogP contribution < -0.4 is 5.32 Å². The average molecular weight is 277 g/mol. The van der Waals surface area contributed by atoms with E-state index >= 15 is 0 Å². The molecule has 20 heavy (non-hydrogen) atoms. The Morgan fingerprint density at radius 3 is 1.75 bits per heavy atom. The monoisotopic (exact) mass is 277 g/mol. The van der Waals surface area contributed by atoms with Crippen LogP contribution in [0.1, 0.15) is 83.5 Å². The van der Waals surface area contributed by atoms with E-state index in [1.807, 2.05) is 12.2 Å². The molecule has 0 aromatic heterocycles. The highest BCUT2D eigenvalue weighted by Gasteiger charge is 2.22. The second-order valence-electron chi connectivity index (χ2n) is 6.34. The van der Waals surface area contributed by atoms with Crippen LogP contribution in [0.25, 0.3) is 0 Å². The molecule has 0 aromatic rings. The molecule has 1 aliphatic rings. The van der Waals surface area contributed by atoms with Crippen molar-refractivity contribution in [3.8, 4) is 0 Å². The molecule has 1 heteroatoms. The Kier molecular flexibility index (Phi) is 10.7. The van der Waals surface area contributed by atoms with Crippen LogP contribution in [0, 0.1) is 0 Å². The Morgan fingerprint density at radius 2 is 1.15 bits per heavy atom. The number of allylic oxidation sites excluding steroid dienone is 2. The third-order valence-corrected chi connectivity index (χ3v) is 4.51. The van der Waals surface area contributed by atoms with Gasteiger partial charge in [-0.3, -0.25) is 0 Å². The second kappa shape index (κ2) is 12.2. The van der Waals surface area contributed by atoms with E-state index in [0.29, 0.717) is 0 Å². The van der Waals surface area contributed by atoms with Gasteiger partial charge >= 0.3 is 0 Å². The summed E-state index contributed by atoms with van der Waals surface area (Å²) in [6.07, 6.45) is 21.7. The lowest BCUT2D eigenvalue weighted by Gasteiger charge is -2.14. The number of hydrogen-bond donors (Lipinski definition) is 1. The standard InChI is InChI=1S/C19H35N/c1-3-5-7-9-10-11-13-15-19-17-16-18(20-19)14-12-8-6-4-2/h3-4,18-20H,1-2,5-17H2/t18-,19-/m0/s1. The summed E-state index contributed by atoms with van der Waals surface area (Å²) < 4.78 is 0. The quantitative estimate of drug-likeness (QED) is 0.333. The van der Waals surface area contributed by atoms with Crippen molar-refractivity contribution in [3.63, 3.8) is 0 Å². The van der Waals surface area contributed by atoms with Crippen LogP contribution in [0.2, 0.25) is 0 Å². The summed E-state index contributed by atoms with van der Waals surface area (Å²) in [5.41, 5.74) is 0. The highest BCUT2D eigenvalue weighted by atomic mass is 15.0. The van der Waals surface area contributed by atoms with Crippen LogP contribution in [0.5, 0.6) is 0 Å². The first kappa shape index (κ1) is 17.5. The van der Waals surface area contributed by atoms with Crippen molar-refractivity contribution in [2.45, 2.75) is 95.6 Å². The van der Waals surface area contributed by atoms with Gasteiger partial charge in [0.15, 0.2) is 0 Å². The zero-order valence-corrected chi connectivity index (χ0v) is 13.4. The molecule has 0 unspecified atom stereocenters. The minimum absolute atomic E-state index is 0.803. The highest BCUT2D eigenvalue weighted by Crippen LogP contribution is 2.21. The van der Waals surface area contributed by atoms with Crippen molar-refractivity contribution in [3.05, 3.63) is 25.3 Å². The molecule has 1 saturated heterocycles. The van der Waals surface area contributed by atoms with Gasteiger partial charge in [0.2, 0.25) is 0 Å².